The van der Waals surface area contributed by atoms with Crippen LogP contribution in [-0.4, -0.2) is 37.9 Å². The number of hydrogen-bond donors (Lipinski definition) is 1. The highest BCUT2D eigenvalue weighted by molar-refractivity contribution is 5.51. The van der Waals surface area contributed by atoms with E-state index in [-0.39, 0.29) is 0 Å². The van der Waals surface area contributed by atoms with Crippen LogP contribution in [0, 0.1) is 6.92 Å². The van der Waals surface area contributed by atoms with Gasteiger partial charge in [-0.2, -0.15) is 0 Å². The summed E-state index contributed by atoms with van der Waals surface area (Å²) >= 11 is 0. The Hall–Kier alpha value is -2.86. The number of hydrogen-bond acceptors (Lipinski definition) is 6. The van der Waals surface area contributed by atoms with Gasteiger partial charge in [-0.3, -0.25) is 9.88 Å². The fourth-order valence-electron chi connectivity index (χ4n) is 3.57. The summed E-state index contributed by atoms with van der Waals surface area (Å²) in [6.45, 7) is 5.03. The molecule has 1 saturated heterocycles. The fourth-order valence-corrected chi connectivity index (χ4v) is 3.57. The van der Waals surface area contributed by atoms with Crippen molar-refractivity contribution in [2.45, 2.75) is 32.2 Å². The van der Waals surface area contributed by atoms with Crippen molar-refractivity contribution in [3.05, 3.63) is 72.1 Å². The number of nitrogens with one attached hydrogen (secondary N) is 1. The second kappa shape index (κ2) is 8.22. The van der Waals surface area contributed by atoms with Gasteiger partial charge in [0, 0.05) is 49.4 Å². The number of nitrogens with zero attached hydrogens (tertiary/aromatic N) is 5. The van der Waals surface area contributed by atoms with Crippen LogP contribution in [0.25, 0.3) is 0 Å². The second-order valence-corrected chi connectivity index (χ2v) is 7.03. The van der Waals surface area contributed by atoms with Crippen LogP contribution in [-0.2, 0) is 6.54 Å². The first kappa shape index (κ1) is 17.5. The first-order chi connectivity index (χ1) is 13.3. The van der Waals surface area contributed by atoms with Crippen LogP contribution in [0.15, 0.2) is 55.0 Å². The lowest BCUT2D eigenvalue weighted by Gasteiger charge is -2.32. The summed E-state index contributed by atoms with van der Waals surface area (Å²) in [5.41, 5.74) is 2.23. The predicted octanol–water partition coefficient (Wildman–Crippen LogP) is 3.70. The van der Waals surface area contributed by atoms with E-state index in [1.807, 2.05) is 49.6 Å². The minimum absolute atomic E-state index is 0.347. The standard InChI is InChI=1S/C21H24N6/c1-16-12-20(25-19-8-2-3-10-23-19)26-21(24-16)18-7-5-11-27(15-18)14-17-6-4-9-22-13-17/h2-4,6,8-10,12-13,18H,5,7,11,14-15H2,1H3,(H,23,24,25,26)/t18-/m1/s1. The van der Waals surface area contributed by atoms with E-state index in [1.165, 1.54) is 5.56 Å². The highest BCUT2D eigenvalue weighted by Gasteiger charge is 2.24. The zero-order valence-corrected chi connectivity index (χ0v) is 15.5. The highest BCUT2D eigenvalue weighted by Crippen LogP contribution is 2.27. The van der Waals surface area contributed by atoms with Crippen molar-refractivity contribution in [2.75, 3.05) is 18.4 Å². The largest absolute Gasteiger partial charge is 0.325 e. The third kappa shape index (κ3) is 4.65. The van der Waals surface area contributed by atoms with E-state index in [1.54, 1.807) is 6.20 Å². The van der Waals surface area contributed by atoms with Gasteiger partial charge < -0.3 is 5.32 Å². The summed E-state index contributed by atoms with van der Waals surface area (Å²) in [7, 11) is 0. The predicted molar refractivity (Wildman–Crippen MR) is 106 cm³/mol. The molecule has 0 unspecified atom stereocenters. The molecule has 1 atom stereocenters. The Labute approximate surface area is 159 Å². The number of rotatable bonds is 5. The van der Waals surface area contributed by atoms with Gasteiger partial charge in [-0.15, -0.1) is 0 Å². The number of piperidine rings is 1. The summed E-state index contributed by atoms with van der Waals surface area (Å²) in [6, 6.07) is 11.9. The van der Waals surface area contributed by atoms with Crippen LogP contribution >= 0.6 is 0 Å². The zero-order chi connectivity index (χ0) is 18.5. The molecule has 1 aliphatic rings. The van der Waals surface area contributed by atoms with Gasteiger partial charge in [0.05, 0.1) is 0 Å². The molecule has 3 aromatic rings. The molecule has 0 bridgehead atoms. The average molecular weight is 360 g/mol. The maximum Gasteiger partial charge on any atom is 0.135 e. The van der Waals surface area contributed by atoms with Crippen molar-refractivity contribution in [1.82, 2.24) is 24.8 Å². The summed E-state index contributed by atoms with van der Waals surface area (Å²) in [6.07, 6.45) is 7.82. The first-order valence-corrected chi connectivity index (χ1v) is 9.41. The van der Waals surface area contributed by atoms with Gasteiger partial charge in [0.25, 0.3) is 0 Å². The van der Waals surface area contributed by atoms with E-state index in [0.29, 0.717) is 5.92 Å². The van der Waals surface area contributed by atoms with Gasteiger partial charge >= 0.3 is 0 Å². The number of aromatic nitrogens is 4. The molecule has 3 aromatic heterocycles. The van der Waals surface area contributed by atoms with E-state index in [9.17, 15) is 0 Å². The Morgan fingerprint density at radius 2 is 2.07 bits per heavy atom. The molecule has 1 aliphatic heterocycles. The van der Waals surface area contributed by atoms with E-state index >= 15 is 0 Å². The van der Waals surface area contributed by atoms with Crippen molar-refractivity contribution < 1.29 is 0 Å². The molecule has 4 rings (SSSR count). The Kier molecular flexibility index (Phi) is 5.34. The monoisotopic (exact) mass is 360 g/mol. The van der Waals surface area contributed by atoms with Crippen LogP contribution in [0.2, 0.25) is 0 Å². The van der Waals surface area contributed by atoms with Crippen LogP contribution in [0.4, 0.5) is 11.6 Å². The van der Waals surface area contributed by atoms with Crippen LogP contribution in [0.3, 0.4) is 0 Å². The topological polar surface area (TPSA) is 66.8 Å². The molecule has 6 nitrogen and oxygen atoms in total. The van der Waals surface area contributed by atoms with E-state index < -0.39 is 0 Å². The number of pyridine rings is 2. The van der Waals surface area contributed by atoms with E-state index in [4.69, 9.17) is 9.97 Å². The van der Waals surface area contributed by atoms with Crippen molar-refractivity contribution in [3.63, 3.8) is 0 Å². The Morgan fingerprint density at radius 1 is 1.11 bits per heavy atom. The van der Waals surface area contributed by atoms with Gasteiger partial charge in [0.15, 0.2) is 0 Å². The molecule has 27 heavy (non-hydrogen) atoms. The number of aryl methyl sites for hydroxylation is 1. The Morgan fingerprint density at radius 3 is 2.89 bits per heavy atom. The minimum Gasteiger partial charge on any atom is -0.325 e. The second-order valence-electron chi connectivity index (χ2n) is 7.03. The summed E-state index contributed by atoms with van der Waals surface area (Å²) in [5.74, 6) is 2.87. The van der Waals surface area contributed by atoms with Gasteiger partial charge in [0.2, 0.25) is 0 Å². The van der Waals surface area contributed by atoms with Crippen molar-refractivity contribution >= 4 is 11.6 Å². The van der Waals surface area contributed by atoms with Gasteiger partial charge in [-0.25, -0.2) is 15.0 Å². The summed E-state index contributed by atoms with van der Waals surface area (Å²) < 4.78 is 0. The molecule has 0 aromatic carbocycles. The zero-order valence-electron chi connectivity index (χ0n) is 15.5. The van der Waals surface area contributed by atoms with E-state index in [0.717, 1.165) is 55.6 Å². The van der Waals surface area contributed by atoms with Crippen molar-refractivity contribution in [3.8, 4) is 0 Å². The van der Waals surface area contributed by atoms with Crippen LogP contribution in [0.1, 0.15) is 35.8 Å². The molecule has 0 amide bonds. The first-order valence-electron chi connectivity index (χ1n) is 9.41. The van der Waals surface area contributed by atoms with Crippen molar-refractivity contribution in [1.29, 1.82) is 0 Å². The van der Waals surface area contributed by atoms with Crippen molar-refractivity contribution in [2.24, 2.45) is 0 Å². The van der Waals surface area contributed by atoms with Gasteiger partial charge in [-0.05, 0) is 50.1 Å². The molecule has 0 radical (unpaired) electrons. The smallest absolute Gasteiger partial charge is 0.135 e. The lowest BCUT2D eigenvalue weighted by atomic mass is 9.96. The fraction of sp³-hybridized carbons (Fsp3) is 0.333. The lowest BCUT2D eigenvalue weighted by Crippen LogP contribution is -2.34. The molecule has 4 heterocycles. The third-order valence-electron chi connectivity index (χ3n) is 4.79. The number of anilines is 2. The molecule has 0 aliphatic carbocycles. The van der Waals surface area contributed by atoms with Crippen LogP contribution in [0.5, 0.6) is 0 Å². The van der Waals surface area contributed by atoms with E-state index in [2.05, 4.69) is 26.3 Å². The molecule has 0 spiro atoms. The molecule has 0 saturated carbocycles. The van der Waals surface area contributed by atoms with Crippen LogP contribution < -0.4 is 5.32 Å². The SMILES string of the molecule is Cc1cc(Nc2ccccn2)nc([C@@H]2CCCN(Cc3cccnc3)C2)n1. The maximum absolute atomic E-state index is 4.79. The summed E-state index contributed by atoms with van der Waals surface area (Å²) in [5, 5.41) is 3.29. The lowest BCUT2D eigenvalue weighted by molar-refractivity contribution is 0.196. The van der Waals surface area contributed by atoms with Gasteiger partial charge in [0.1, 0.15) is 17.5 Å². The quantitative estimate of drug-likeness (QED) is 0.748. The summed E-state index contributed by atoms with van der Waals surface area (Å²) in [4.78, 5) is 20.5. The Bertz CT molecular complexity index is 868. The van der Waals surface area contributed by atoms with Gasteiger partial charge in [-0.1, -0.05) is 12.1 Å². The number of likely N-dealkylation sites (tertiary alicyclic amines) is 1. The molecule has 1 N–H and O–H groups in total. The third-order valence-corrected chi connectivity index (χ3v) is 4.79. The molecule has 6 heteroatoms. The Balaban J connectivity index is 1.48. The molecule has 138 valence electrons. The highest BCUT2D eigenvalue weighted by atomic mass is 15.1. The minimum atomic E-state index is 0.347. The maximum atomic E-state index is 4.79. The average Bonchev–Trinajstić information content (AvgIpc) is 2.69. The normalized spacial score (nSPS) is 17.6. The molecular weight excluding hydrogens is 336 g/mol. The molecule has 1 fully saturated rings. The molecular formula is C21H24N6.